The quantitative estimate of drug-likeness (QED) is 0.290. The number of benzene rings is 2. The molecule has 1 unspecified atom stereocenters. The number of aliphatic hydroxyl groups excluding tert-OH is 1. The fourth-order valence-electron chi connectivity index (χ4n) is 6.69. The van der Waals surface area contributed by atoms with Gasteiger partial charge in [0.25, 0.3) is 11.8 Å². The van der Waals surface area contributed by atoms with Gasteiger partial charge in [-0.2, -0.15) is 5.26 Å². The van der Waals surface area contributed by atoms with Crippen LogP contribution in [0.1, 0.15) is 49.3 Å². The molecule has 0 radical (unpaired) electrons. The first-order valence-corrected chi connectivity index (χ1v) is 16.5. The third kappa shape index (κ3) is 7.45. The predicted molar refractivity (Wildman–Crippen MR) is 174 cm³/mol. The zero-order chi connectivity index (χ0) is 35.7. The van der Waals surface area contributed by atoms with Gasteiger partial charge in [0.1, 0.15) is 29.5 Å². The lowest BCUT2D eigenvalue weighted by atomic mass is 9.81. The van der Waals surface area contributed by atoms with Crippen LogP contribution in [0.15, 0.2) is 60.8 Å². The van der Waals surface area contributed by atoms with Gasteiger partial charge < -0.3 is 10.4 Å². The van der Waals surface area contributed by atoms with E-state index in [-0.39, 0.29) is 47.5 Å². The van der Waals surface area contributed by atoms with Gasteiger partial charge in [0.05, 0.1) is 30.0 Å². The number of anilines is 2. The van der Waals surface area contributed by atoms with E-state index in [0.717, 1.165) is 41.2 Å². The van der Waals surface area contributed by atoms with Crippen molar-refractivity contribution in [2.45, 2.75) is 62.3 Å². The van der Waals surface area contributed by atoms with Gasteiger partial charge in [0, 0.05) is 54.8 Å². The number of hydrogen-bond acceptors (Lipinski definition) is 7. The number of nitrogens with zero attached hydrogens (tertiary/aromatic N) is 5. The predicted octanol–water partition coefficient (Wildman–Crippen LogP) is 4.75. The van der Waals surface area contributed by atoms with E-state index in [2.05, 4.69) is 10.3 Å². The Kier molecular flexibility index (Phi) is 10.1. The standard InChI is InChI=1S/C35H33ClF4N6O4/c36-27-7-2-1-6-26(27)32(33(49)43-24-14-35(39,40)15-24)45(25-12-22(37)11-23(38)13-25)34(50)28-17-44(18-29(47)21-4-3-5-21)19-31(48)46(28)30-10-20(16-41)8-9-42-30/h1-2,6-13,21,24,28-29,32,47H,3-5,14-15,17-19H2,(H,43,49)/t28-,29?,32-/m0/s1. The van der Waals surface area contributed by atoms with Crippen LogP contribution in [-0.4, -0.2) is 76.5 Å². The first-order valence-electron chi connectivity index (χ1n) is 16.1. The molecule has 1 aliphatic heterocycles. The molecule has 1 aromatic heterocycles. The lowest BCUT2D eigenvalue weighted by molar-refractivity contribution is -0.134. The van der Waals surface area contributed by atoms with E-state index in [1.807, 2.05) is 6.07 Å². The zero-order valence-electron chi connectivity index (χ0n) is 26.6. The van der Waals surface area contributed by atoms with Crippen LogP contribution in [0, 0.1) is 28.9 Å². The molecule has 10 nitrogen and oxygen atoms in total. The first kappa shape index (κ1) is 35.3. The largest absolute Gasteiger partial charge is 0.392 e. The molecule has 3 fully saturated rings. The summed E-state index contributed by atoms with van der Waals surface area (Å²) in [6, 6.07) is 8.61. The van der Waals surface area contributed by atoms with Crippen LogP contribution in [0.3, 0.4) is 0 Å². The second-order valence-electron chi connectivity index (χ2n) is 13.0. The number of piperazine rings is 1. The summed E-state index contributed by atoms with van der Waals surface area (Å²) in [6.45, 7) is -0.393. The number of alkyl halides is 2. The number of aromatic nitrogens is 1. The number of aliphatic hydroxyl groups is 1. The monoisotopic (exact) mass is 712 g/mol. The lowest BCUT2D eigenvalue weighted by Crippen LogP contribution is -2.64. The number of rotatable bonds is 10. The Hall–Kier alpha value is -4.58. The van der Waals surface area contributed by atoms with Crippen molar-refractivity contribution in [3.8, 4) is 6.07 Å². The SMILES string of the molecule is N#Cc1ccnc(N2C(=O)CN(CC(O)C3CCC3)C[C@H]2C(=O)N(c2cc(F)cc(F)c2)[C@H](C(=O)NC2CC(F)(F)C2)c2ccccc2Cl)c1. The number of nitrogens with one attached hydrogen (secondary N) is 1. The van der Waals surface area contributed by atoms with Crippen molar-refractivity contribution >= 4 is 40.8 Å². The number of pyridine rings is 1. The molecule has 0 bridgehead atoms. The summed E-state index contributed by atoms with van der Waals surface area (Å²) in [6.07, 6.45) is 1.75. The maximum Gasteiger partial charge on any atom is 0.252 e. The molecule has 3 aromatic rings. The fourth-order valence-corrected chi connectivity index (χ4v) is 6.92. The van der Waals surface area contributed by atoms with Gasteiger partial charge in [-0.1, -0.05) is 36.2 Å². The lowest BCUT2D eigenvalue weighted by Gasteiger charge is -2.44. The number of carbonyl (C=O) groups excluding carboxylic acids is 3. The molecule has 3 atom stereocenters. The molecule has 2 saturated carbocycles. The van der Waals surface area contributed by atoms with E-state index in [0.29, 0.717) is 6.07 Å². The Labute approximate surface area is 290 Å². The second-order valence-corrected chi connectivity index (χ2v) is 13.4. The van der Waals surface area contributed by atoms with Gasteiger partial charge in [0.2, 0.25) is 11.8 Å². The number of nitriles is 1. The summed E-state index contributed by atoms with van der Waals surface area (Å²) >= 11 is 6.56. The van der Waals surface area contributed by atoms with Gasteiger partial charge in [-0.25, -0.2) is 22.5 Å². The fraction of sp³-hybridized carbons (Fsp3) is 0.400. The van der Waals surface area contributed by atoms with Gasteiger partial charge in [-0.3, -0.25) is 29.1 Å². The van der Waals surface area contributed by atoms with Crippen molar-refractivity contribution < 1.29 is 37.1 Å². The number of amides is 3. The van der Waals surface area contributed by atoms with E-state index >= 15 is 4.79 Å². The maximum absolute atomic E-state index is 15.1. The summed E-state index contributed by atoms with van der Waals surface area (Å²) in [7, 11) is 0. The van der Waals surface area contributed by atoms with E-state index in [4.69, 9.17) is 11.6 Å². The highest BCUT2D eigenvalue weighted by atomic mass is 35.5. The summed E-state index contributed by atoms with van der Waals surface area (Å²) in [4.78, 5) is 50.9. The molecule has 0 spiro atoms. The molecule has 2 N–H and O–H groups in total. The van der Waals surface area contributed by atoms with E-state index in [1.54, 1.807) is 11.0 Å². The highest BCUT2D eigenvalue weighted by Crippen LogP contribution is 2.40. The Balaban J connectivity index is 1.47. The van der Waals surface area contributed by atoms with Crippen LogP contribution in [0.4, 0.5) is 29.1 Å². The van der Waals surface area contributed by atoms with Crippen molar-refractivity contribution in [1.29, 1.82) is 5.26 Å². The molecule has 2 aromatic carbocycles. The minimum Gasteiger partial charge on any atom is -0.392 e. The van der Waals surface area contributed by atoms with E-state index in [9.17, 15) is 37.5 Å². The summed E-state index contributed by atoms with van der Waals surface area (Å²) in [5.74, 6) is -7.78. The van der Waals surface area contributed by atoms with Crippen molar-refractivity contribution in [3.63, 3.8) is 0 Å². The van der Waals surface area contributed by atoms with Crippen LogP contribution in [-0.2, 0) is 14.4 Å². The minimum atomic E-state index is -3.00. The first-order chi connectivity index (χ1) is 23.8. The average Bonchev–Trinajstić information content (AvgIpc) is 3.01. The molecule has 3 amide bonds. The van der Waals surface area contributed by atoms with Crippen molar-refractivity contribution in [2.24, 2.45) is 5.92 Å². The van der Waals surface area contributed by atoms with Crippen LogP contribution in [0.25, 0.3) is 0 Å². The van der Waals surface area contributed by atoms with Crippen LogP contribution in [0.5, 0.6) is 0 Å². The van der Waals surface area contributed by atoms with E-state index in [1.165, 1.54) is 36.5 Å². The molecule has 6 rings (SSSR count). The van der Waals surface area contributed by atoms with Crippen LogP contribution < -0.4 is 15.1 Å². The molecule has 262 valence electrons. The number of halogens is 5. The Bertz CT molecular complexity index is 1810. The van der Waals surface area contributed by atoms with Gasteiger partial charge in [-0.15, -0.1) is 0 Å². The zero-order valence-corrected chi connectivity index (χ0v) is 27.4. The Morgan fingerprint density at radius 1 is 1.12 bits per heavy atom. The molecule has 50 heavy (non-hydrogen) atoms. The average molecular weight is 713 g/mol. The van der Waals surface area contributed by atoms with Crippen molar-refractivity contribution in [1.82, 2.24) is 15.2 Å². The van der Waals surface area contributed by atoms with Crippen LogP contribution in [0.2, 0.25) is 5.02 Å². The maximum atomic E-state index is 15.1. The topological polar surface area (TPSA) is 130 Å². The van der Waals surface area contributed by atoms with Crippen molar-refractivity contribution in [2.75, 3.05) is 29.4 Å². The number of carbonyl (C=O) groups is 3. The molecular weight excluding hydrogens is 680 g/mol. The molecular formula is C35H33ClF4N6O4. The third-order valence-electron chi connectivity index (χ3n) is 9.42. The van der Waals surface area contributed by atoms with Gasteiger partial charge in [0.15, 0.2) is 0 Å². The van der Waals surface area contributed by atoms with Crippen molar-refractivity contribution in [3.05, 3.63) is 88.6 Å². The highest BCUT2D eigenvalue weighted by molar-refractivity contribution is 6.31. The molecule has 15 heteroatoms. The molecule has 2 aliphatic carbocycles. The van der Waals surface area contributed by atoms with E-state index < -0.39 is 78.0 Å². The summed E-state index contributed by atoms with van der Waals surface area (Å²) in [5, 5.41) is 23.0. The normalized spacial score (nSPS) is 20.6. The van der Waals surface area contributed by atoms with Crippen LogP contribution >= 0.6 is 11.6 Å². The minimum absolute atomic E-state index is 0.00789. The second kappa shape index (κ2) is 14.3. The highest BCUT2D eigenvalue weighted by Gasteiger charge is 2.49. The molecule has 2 heterocycles. The molecule has 3 aliphatic rings. The number of hydrogen-bond donors (Lipinski definition) is 2. The van der Waals surface area contributed by atoms with Gasteiger partial charge in [-0.05, 0) is 49.1 Å². The Morgan fingerprint density at radius 3 is 2.44 bits per heavy atom. The number of β-amino-alcohol motifs (C(OH)–C–C–N with tert-alkyl or cyclic N) is 1. The van der Waals surface area contributed by atoms with Gasteiger partial charge >= 0.3 is 0 Å². The summed E-state index contributed by atoms with van der Waals surface area (Å²) < 4.78 is 57.4. The Morgan fingerprint density at radius 2 is 1.82 bits per heavy atom. The smallest absolute Gasteiger partial charge is 0.252 e. The third-order valence-corrected chi connectivity index (χ3v) is 9.77. The molecule has 1 saturated heterocycles. The summed E-state index contributed by atoms with van der Waals surface area (Å²) in [5.41, 5.74) is -0.262.